The minimum Gasteiger partial charge on any atom is -0.312 e. The average Bonchev–Trinajstić information content (AvgIpc) is 2.35. The summed E-state index contributed by atoms with van der Waals surface area (Å²) in [5, 5.41) is 3.34. The van der Waals surface area contributed by atoms with Gasteiger partial charge in [-0.25, -0.2) is 4.39 Å². The summed E-state index contributed by atoms with van der Waals surface area (Å²) in [6.45, 7) is 3.69. The van der Waals surface area contributed by atoms with E-state index in [2.05, 4.69) is 52.4 Å². The lowest BCUT2D eigenvalue weighted by atomic mass is 10.1. The second kappa shape index (κ2) is 6.83. The molecule has 2 aromatic rings. The summed E-state index contributed by atoms with van der Waals surface area (Å²) >= 11 is 3.30. The van der Waals surface area contributed by atoms with E-state index in [9.17, 15) is 4.39 Å². The van der Waals surface area contributed by atoms with Crippen LogP contribution in [-0.4, -0.2) is 6.54 Å². The van der Waals surface area contributed by atoms with Crippen LogP contribution in [0.1, 0.15) is 16.7 Å². The van der Waals surface area contributed by atoms with Gasteiger partial charge in [-0.15, -0.1) is 0 Å². The van der Waals surface area contributed by atoms with Crippen LogP contribution in [0.4, 0.5) is 4.39 Å². The number of nitrogens with one attached hydrogen (secondary N) is 1. The zero-order valence-corrected chi connectivity index (χ0v) is 12.5. The molecule has 0 spiro atoms. The van der Waals surface area contributed by atoms with Crippen LogP contribution in [-0.2, 0) is 13.0 Å². The Kier molecular flexibility index (Phi) is 5.11. The third kappa shape index (κ3) is 4.44. The van der Waals surface area contributed by atoms with Crippen molar-refractivity contribution in [3.05, 3.63) is 69.4 Å². The highest BCUT2D eigenvalue weighted by Crippen LogP contribution is 2.14. The topological polar surface area (TPSA) is 12.0 Å². The predicted octanol–water partition coefficient (Wildman–Crippen LogP) is 4.23. The number of rotatable bonds is 5. The highest BCUT2D eigenvalue weighted by atomic mass is 79.9. The Bertz CT molecular complexity index is 534. The van der Waals surface area contributed by atoms with Crippen LogP contribution >= 0.6 is 15.9 Å². The van der Waals surface area contributed by atoms with Crippen molar-refractivity contribution < 1.29 is 4.39 Å². The molecule has 0 unspecified atom stereocenters. The molecule has 0 saturated heterocycles. The van der Waals surface area contributed by atoms with Crippen LogP contribution in [0.25, 0.3) is 0 Å². The van der Waals surface area contributed by atoms with E-state index in [1.54, 1.807) is 6.07 Å². The molecular formula is C16H17BrFN. The van der Waals surface area contributed by atoms with Gasteiger partial charge in [-0.1, -0.05) is 40.2 Å². The Balaban J connectivity index is 1.82. The summed E-state index contributed by atoms with van der Waals surface area (Å²) in [5.74, 6) is -0.204. The summed E-state index contributed by atoms with van der Waals surface area (Å²) in [5.41, 5.74) is 3.63. The Morgan fingerprint density at radius 1 is 1.16 bits per heavy atom. The molecule has 2 rings (SSSR count). The molecule has 100 valence electrons. The van der Waals surface area contributed by atoms with Gasteiger partial charge in [0.1, 0.15) is 5.82 Å². The first kappa shape index (κ1) is 14.2. The third-order valence-corrected chi connectivity index (χ3v) is 3.54. The first-order valence-corrected chi connectivity index (χ1v) is 7.14. The lowest BCUT2D eigenvalue weighted by Crippen LogP contribution is -2.17. The van der Waals surface area contributed by atoms with Crippen LogP contribution in [0.5, 0.6) is 0 Å². The van der Waals surface area contributed by atoms with E-state index in [1.165, 1.54) is 17.2 Å². The van der Waals surface area contributed by atoms with Gasteiger partial charge in [0, 0.05) is 11.0 Å². The van der Waals surface area contributed by atoms with E-state index in [-0.39, 0.29) is 5.82 Å². The zero-order chi connectivity index (χ0) is 13.7. The van der Waals surface area contributed by atoms with Crippen molar-refractivity contribution in [3.63, 3.8) is 0 Å². The van der Waals surface area contributed by atoms with Gasteiger partial charge in [-0.3, -0.25) is 0 Å². The molecule has 1 nitrogen and oxygen atoms in total. The van der Waals surface area contributed by atoms with E-state index >= 15 is 0 Å². The van der Waals surface area contributed by atoms with E-state index in [1.807, 2.05) is 6.07 Å². The Morgan fingerprint density at radius 2 is 1.95 bits per heavy atom. The molecule has 0 bridgehead atoms. The van der Waals surface area contributed by atoms with Crippen molar-refractivity contribution in [3.8, 4) is 0 Å². The fraction of sp³-hybridized carbons (Fsp3) is 0.250. The maximum Gasteiger partial charge on any atom is 0.124 e. The number of halogens is 2. The van der Waals surface area contributed by atoms with E-state index in [4.69, 9.17) is 0 Å². The van der Waals surface area contributed by atoms with Crippen molar-refractivity contribution in [2.45, 2.75) is 19.9 Å². The number of aryl methyl sites for hydroxylation is 1. The molecule has 0 aromatic heterocycles. The molecule has 0 aliphatic rings. The normalized spacial score (nSPS) is 10.7. The molecule has 3 heteroatoms. The Morgan fingerprint density at radius 3 is 2.68 bits per heavy atom. The van der Waals surface area contributed by atoms with Crippen molar-refractivity contribution >= 4 is 15.9 Å². The van der Waals surface area contributed by atoms with E-state index in [0.717, 1.165) is 23.0 Å². The highest BCUT2D eigenvalue weighted by molar-refractivity contribution is 9.10. The highest BCUT2D eigenvalue weighted by Gasteiger charge is 2.00. The monoisotopic (exact) mass is 321 g/mol. The van der Waals surface area contributed by atoms with E-state index < -0.39 is 0 Å². The SMILES string of the molecule is Cc1ccccc1CCNCc1cc(F)cc(Br)c1. The molecule has 0 amide bonds. The van der Waals surface area contributed by atoms with Crippen LogP contribution in [0, 0.1) is 12.7 Å². The fourth-order valence-electron chi connectivity index (χ4n) is 2.06. The first-order valence-electron chi connectivity index (χ1n) is 6.35. The number of benzene rings is 2. The van der Waals surface area contributed by atoms with Gasteiger partial charge < -0.3 is 5.32 Å². The molecule has 0 aliphatic heterocycles. The molecule has 2 aromatic carbocycles. The number of hydrogen-bond donors (Lipinski definition) is 1. The van der Waals surface area contributed by atoms with Crippen molar-refractivity contribution in [2.24, 2.45) is 0 Å². The zero-order valence-electron chi connectivity index (χ0n) is 10.9. The standard InChI is InChI=1S/C16H17BrFN/c1-12-4-2-3-5-14(12)6-7-19-11-13-8-15(17)10-16(18)9-13/h2-5,8-10,19H,6-7,11H2,1H3. The van der Waals surface area contributed by atoms with Gasteiger partial charge in [0.2, 0.25) is 0 Å². The van der Waals surface area contributed by atoms with Gasteiger partial charge in [-0.2, -0.15) is 0 Å². The van der Waals surface area contributed by atoms with Crippen LogP contribution in [0.2, 0.25) is 0 Å². The van der Waals surface area contributed by atoms with Gasteiger partial charge >= 0.3 is 0 Å². The molecular weight excluding hydrogens is 305 g/mol. The molecule has 0 aliphatic carbocycles. The van der Waals surface area contributed by atoms with Crippen LogP contribution in [0.3, 0.4) is 0 Å². The molecule has 0 fully saturated rings. The third-order valence-electron chi connectivity index (χ3n) is 3.08. The second-order valence-corrected chi connectivity index (χ2v) is 5.55. The minimum absolute atomic E-state index is 0.204. The summed E-state index contributed by atoms with van der Waals surface area (Å²) < 4.78 is 14.0. The fourth-order valence-corrected chi connectivity index (χ4v) is 2.57. The molecule has 19 heavy (non-hydrogen) atoms. The lowest BCUT2D eigenvalue weighted by molar-refractivity contribution is 0.619. The predicted molar refractivity (Wildman–Crippen MR) is 80.7 cm³/mol. The summed E-state index contributed by atoms with van der Waals surface area (Å²) in [7, 11) is 0. The second-order valence-electron chi connectivity index (χ2n) is 4.63. The lowest BCUT2D eigenvalue weighted by Gasteiger charge is -2.08. The smallest absolute Gasteiger partial charge is 0.124 e. The minimum atomic E-state index is -0.204. The quantitative estimate of drug-likeness (QED) is 0.813. The van der Waals surface area contributed by atoms with Crippen LogP contribution < -0.4 is 5.32 Å². The van der Waals surface area contributed by atoms with Crippen molar-refractivity contribution in [2.75, 3.05) is 6.54 Å². The molecule has 0 heterocycles. The first-order chi connectivity index (χ1) is 9.15. The van der Waals surface area contributed by atoms with Crippen LogP contribution in [0.15, 0.2) is 46.9 Å². The molecule has 0 radical (unpaired) electrons. The summed E-state index contributed by atoms with van der Waals surface area (Å²) in [4.78, 5) is 0. The molecule has 0 saturated carbocycles. The van der Waals surface area contributed by atoms with Gasteiger partial charge in [0.05, 0.1) is 0 Å². The molecule has 1 N–H and O–H groups in total. The number of hydrogen-bond acceptors (Lipinski definition) is 1. The molecule has 0 atom stereocenters. The Hall–Kier alpha value is -1.19. The summed E-state index contributed by atoms with van der Waals surface area (Å²) in [6.07, 6.45) is 0.989. The van der Waals surface area contributed by atoms with Gasteiger partial charge in [-0.05, 0) is 54.8 Å². The largest absolute Gasteiger partial charge is 0.312 e. The van der Waals surface area contributed by atoms with Crippen molar-refractivity contribution in [1.29, 1.82) is 0 Å². The maximum absolute atomic E-state index is 13.2. The van der Waals surface area contributed by atoms with E-state index in [0.29, 0.717) is 6.54 Å². The average molecular weight is 322 g/mol. The Labute approximate surface area is 122 Å². The van der Waals surface area contributed by atoms with Gasteiger partial charge in [0.15, 0.2) is 0 Å². The van der Waals surface area contributed by atoms with Gasteiger partial charge in [0.25, 0.3) is 0 Å². The maximum atomic E-state index is 13.2. The van der Waals surface area contributed by atoms with Crippen molar-refractivity contribution in [1.82, 2.24) is 5.32 Å². The summed E-state index contributed by atoms with van der Waals surface area (Å²) in [6, 6.07) is 13.4.